The first-order valence-corrected chi connectivity index (χ1v) is 30.3. The van der Waals surface area contributed by atoms with Gasteiger partial charge in [0.2, 0.25) is 0 Å². The number of carbonyl (C=O) groups is 2. The van der Waals surface area contributed by atoms with Gasteiger partial charge in [-0.2, -0.15) is 0 Å². The van der Waals surface area contributed by atoms with Crippen LogP contribution >= 0.6 is 0 Å². The monoisotopic (exact) mass is 1050 g/mol. The number of ether oxygens (including phenoxy) is 8. The quantitative estimate of drug-likeness (QED) is 0.0316. The number of fused-ring (bicyclic) bond motifs is 1. The summed E-state index contributed by atoms with van der Waals surface area (Å²) in [5.41, 5.74) is 0.446. The Morgan fingerprint density at radius 3 is 0.724 bits per heavy atom. The minimum absolute atomic E-state index is 0.00942. The van der Waals surface area contributed by atoms with Crippen LogP contribution in [0.3, 0.4) is 0 Å². The van der Waals surface area contributed by atoms with Gasteiger partial charge < -0.3 is 37.9 Å². The van der Waals surface area contributed by atoms with E-state index in [1.807, 2.05) is 48.5 Å². The van der Waals surface area contributed by atoms with E-state index in [-0.39, 0.29) is 47.8 Å². The molecule has 0 bridgehead atoms. The lowest BCUT2D eigenvalue weighted by molar-refractivity contribution is 0.0703. The van der Waals surface area contributed by atoms with Crippen LogP contribution in [0.15, 0.2) is 60.7 Å². The van der Waals surface area contributed by atoms with Gasteiger partial charge in [-0.25, -0.2) is 9.59 Å². The maximum atomic E-state index is 15.1. The number of rotatable bonds is 40. The van der Waals surface area contributed by atoms with Crippen molar-refractivity contribution < 1.29 is 47.5 Å². The van der Waals surface area contributed by atoms with Crippen LogP contribution in [-0.2, 0) is 0 Å². The van der Waals surface area contributed by atoms with Crippen molar-refractivity contribution in [3.63, 3.8) is 0 Å². The fourth-order valence-electron chi connectivity index (χ4n) is 10.3. The molecule has 0 aromatic heterocycles. The van der Waals surface area contributed by atoms with Gasteiger partial charge in [-0.3, -0.25) is 0 Å². The standard InChI is InChI=1S/C66H100O10/c1-13-27-47(28-14-2)69-53-43-59(71-49(31-17-5)32-18-6)63(60(44-53)72-50(33-19-7)34-20-8)65(67)75-57-41-25-40-56-55(57)39-26-42-58(56)76-66(68)64-61(73-51(35-21-9)36-22-10)45-54(70-48(29-15-3)30-16-4)46-62(64)74-52(37-23-11)38-24-12/h25-26,39-52H,13-24,27-38H2,1-12H3. The summed E-state index contributed by atoms with van der Waals surface area (Å²) in [7, 11) is 0. The van der Waals surface area contributed by atoms with Gasteiger partial charge in [-0.15, -0.1) is 0 Å². The third-order valence-electron chi connectivity index (χ3n) is 13.8. The zero-order valence-corrected chi connectivity index (χ0v) is 49.3. The molecule has 0 aliphatic rings. The molecule has 4 rings (SSSR count). The van der Waals surface area contributed by atoms with E-state index < -0.39 is 11.9 Å². The molecular weight excluding hydrogens is 953 g/mol. The van der Waals surface area contributed by atoms with Crippen LogP contribution in [0.2, 0.25) is 0 Å². The fourth-order valence-corrected chi connectivity index (χ4v) is 10.3. The van der Waals surface area contributed by atoms with Crippen LogP contribution < -0.4 is 37.9 Å². The molecule has 0 spiro atoms. The first-order chi connectivity index (χ1) is 37.0. The molecule has 0 N–H and O–H groups in total. The molecule has 0 aliphatic heterocycles. The minimum atomic E-state index is -0.614. The van der Waals surface area contributed by atoms with E-state index in [0.29, 0.717) is 56.8 Å². The van der Waals surface area contributed by atoms with Crippen molar-refractivity contribution in [3.05, 3.63) is 71.8 Å². The largest absolute Gasteiger partial charge is 0.490 e. The molecule has 0 radical (unpaired) electrons. The van der Waals surface area contributed by atoms with Crippen LogP contribution in [0.4, 0.5) is 0 Å². The summed E-state index contributed by atoms with van der Waals surface area (Å²) in [6, 6.07) is 18.3. The molecule has 0 unspecified atom stereocenters. The minimum Gasteiger partial charge on any atom is -0.490 e. The van der Waals surface area contributed by atoms with E-state index in [0.717, 1.165) is 154 Å². The molecular formula is C66H100O10. The molecule has 4 aromatic carbocycles. The Kier molecular flexibility index (Phi) is 29.5. The molecule has 10 heteroatoms. The Bertz CT molecular complexity index is 2020. The first-order valence-electron chi connectivity index (χ1n) is 30.3. The summed E-state index contributed by atoms with van der Waals surface area (Å²) in [4.78, 5) is 30.3. The predicted molar refractivity (Wildman–Crippen MR) is 312 cm³/mol. The van der Waals surface area contributed by atoms with Gasteiger partial charge in [0, 0.05) is 35.0 Å². The van der Waals surface area contributed by atoms with Crippen LogP contribution in [0.5, 0.6) is 46.0 Å². The second-order valence-corrected chi connectivity index (χ2v) is 20.9. The second-order valence-electron chi connectivity index (χ2n) is 20.9. The lowest BCUT2D eigenvalue weighted by Crippen LogP contribution is -2.23. The van der Waals surface area contributed by atoms with E-state index >= 15 is 9.59 Å². The zero-order valence-electron chi connectivity index (χ0n) is 49.3. The molecule has 0 heterocycles. The van der Waals surface area contributed by atoms with Crippen LogP contribution in [0.1, 0.15) is 258 Å². The molecule has 0 amide bonds. The summed E-state index contributed by atoms with van der Waals surface area (Å²) in [5.74, 6) is 2.14. The zero-order chi connectivity index (χ0) is 55.2. The average molecular weight is 1050 g/mol. The average Bonchev–Trinajstić information content (AvgIpc) is 3.37. The fraction of sp³-hybridized carbons (Fsp3) is 0.636. The lowest BCUT2D eigenvalue weighted by Gasteiger charge is -2.26. The molecule has 10 nitrogen and oxygen atoms in total. The third-order valence-corrected chi connectivity index (χ3v) is 13.8. The van der Waals surface area contributed by atoms with Gasteiger partial charge in [0.15, 0.2) is 0 Å². The SMILES string of the molecule is CCCC(CCC)Oc1cc(OC(CCC)CCC)c(C(=O)Oc2cccc3c(OC(=O)c4c(OC(CCC)CCC)cc(OC(CCC)CCC)cc4OC(CCC)CCC)cccc23)c(OC(CCC)CCC)c1. The molecule has 0 saturated heterocycles. The van der Waals surface area contributed by atoms with Crippen LogP contribution in [-0.4, -0.2) is 48.6 Å². The van der Waals surface area contributed by atoms with E-state index in [9.17, 15) is 0 Å². The van der Waals surface area contributed by atoms with E-state index in [1.54, 1.807) is 12.1 Å². The third kappa shape index (κ3) is 19.7. The lowest BCUT2D eigenvalue weighted by atomic mass is 10.1. The normalized spacial score (nSPS) is 11.7. The van der Waals surface area contributed by atoms with Crippen LogP contribution in [0.25, 0.3) is 10.8 Å². The van der Waals surface area contributed by atoms with Crippen molar-refractivity contribution in [2.75, 3.05) is 0 Å². The van der Waals surface area contributed by atoms with E-state index in [2.05, 4.69) is 83.1 Å². The van der Waals surface area contributed by atoms with E-state index in [4.69, 9.17) is 37.9 Å². The number of esters is 2. The van der Waals surface area contributed by atoms with Gasteiger partial charge in [-0.05, 0) is 89.2 Å². The summed E-state index contributed by atoms with van der Waals surface area (Å²) in [5, 5.41) is 1.17. The number of hydrogen-bond donors (Lipinski definition) is 0. The summed E-state index contributed by atoms with van der Waals surface area (Å²) >= 11 is 0. The van der Waals surface area contributed by atoms with Crippen molar-refractivity contribution in [2.45, 2.75) is 274 Å². The smallest absolute Gasteiger partial charge is 0.351 e. The highest BCUT2D eigenvalue weighted by Gasteiger charge is 2.31. The molecule has 424 valence electrons. The first kappa shape index (κ1) is 63.4. The predicted octanol–water partition coefficient (Wildman–Crippen LogP) is 19.4. The Balaban J connectivity index is 1.91. The number of benzene rings is 4. The second kappa shape index (κ2) is 35.3. The maximum absolute atomic E-state index is 15.1. The van der Waals surface area contributed by atoms with E-state index in [1.165, 1.54) is 0 Å². The van der Waals surface area contributed by atoms with Crippen molar-refractivity contribution >= 4 is 22.7 Å². The number of carbonyl (C=O) groups excluding carboxylic acids is 2. The highest BCUT2D eigenvalue weighted by molar-refractivity contribution is 6.03. The molecule has 0 saturated carbocycles. The topological polar surface area (TPSA) is 108 Å². The molecule has 76 heavy (non-hydrogen) atoms. The number of hydrogen-bond acceptors (Lipinski definition) is 10. The van der Waals surface area contributed by atoms with Gasteiger partial charge in [0.25, 0.3) is 0 Å². The summed E-state index contributed by atoms with van der Waals surface area (Å²) in [6.45, 7) is 25.9. The Labute approximate surface area is 460 Å². The van der Waals surface area contributed by atoms with Gasteiger partial charge in [0.1, 0.15) is 57.1 Å². The van der Waals surface area contributed by atoms with Crippen molar-refractivity contribution in [1.82, 2.24) is 0 Å². The summed E-state index contributed by atoms with van der Waals surface area (Å²) < 4.78 is 54.0. The highest BCUT2D eigenvalue weighted by atomic mass is 16.6. The Hall–Kier alpha value is -5.12. The Morgan fingerprint density at radius 1 is 0.303 bits per heavy atom. The molecule has 0 fully saturated rings. The highest BCUT2D eigenvalue weighted by Crippen LogP contribution is 2.42. The van der Waals surface area contributed by atoms with Gasteiger partial charge in [0.05, 0.1) is 36.6 Å². The van der Waals surface area contributed by atoms with Crippen LogP contribution in [0, 0.1) is 0 Å². The molecule has 4 aromatic rings. The summed E-state index contributed by atoms with van der Waals surface area (Å²) in [6.07, 6.45) is 21.1. The van der Waals surface area contributed by atoms with Gasteiger partial charge >= 0.3 is 11.9 Å². The Morgan fingerprint density at radius 2 is 0.513 bits per heavy atom. The van der Waals surface area contributed by atoms with Crippen molar-refractivity contribution in [1.29, 1.82) is 0 Å². The molecule has 0 atom stereocenters. The van der Waals surface area contributed by atoms with Crippen molar-refractivity contribution in [2.24, 2.45) is 0 Å². The maximum Gasteiger partial charge on any atom is 0.351 e. The van der Waals surface area contributed by atoms with Gasteiger partial charge in [-0.1, -0.05) is 184 Å². The molecule has 0 aliphatic carbocycles. The van der Waals surface area contributed by atoms with Crippen molar-refractivity contribution in [3.8, 4) is 46.0 Å².